The predicted octanol–water partition coefficient (Wildman–Crippen LogP) is 3.43. The van der Waals surface area contributed by atoms with Crippen LogP contribution in [0.3, 0.4) is 0 Å². The van der Waals surface area contributed by atoms with E-state index in [1.54, 1.807) is 24.3 Å². The monoisotopic (exact) mass is 312 g/mol. The first kappa shape index (κ1) is 18.6. The van der Waals surface area contributed by atoms with Gasteiger partial charge in [-0.2, -0.15) is 0 Å². The van der Waals surface area contributed by atoms with Gasteiger partial charge in [-0.1, -0.05) is 37.3 Å². The number of benzene rings is 2. The second kappa shape index (κ2) is 11.2. The van der Waals surface area contributed by atoms with E-state index in [0.717, 1.165) is 31.4 Å². The number of aldehydes is 1. The van der Waals surface area contributed by atoms with Gasteiger partial charge in [-0.05, 0) is 49.2 Å². The first-order valence-corrected chi connectivity index (χ1v) is 7.78. The third kappa shape index (κ3) is 7.93. The molecule has 0 bridgehead atoms. The van der Waals surface area contributed by atoms with Crippen LogP contribution < -0.4 is 11.1 Å². The summed E-state index contributed by atoms with van der Waals surface area (Å²) in [5.74, 6) is 0.00588. The number of carbonyl (C=O) groups is 2. The van der Waals surface area contributed by atoms with E-state index in [0.29, 0.717) is 12.0 Å². The zero-order valence-corrected chi connectivity index (χ0v) is 13.5. The molecule has 0 aromatic heterocycles. The van der Waals surface area contributed by atoms with Gasteiger partial charge in [0.25, 0.3) is 0 Å². The molecule has 23 heavy (non-hydrogen) atoms. The highest BCUT2D eigenvalue weighted by atomic mass is 16.1. The average molecular weight is 312 g/mol. The molecule has 0 aliphatic carbocycles. The van der Waals surface area contributed by atoms with Gasteiger partial charge in [0.15, 0.2) is 0 Å². The Labute approximate surface area is 137 Å². The van der Waals surface area contributed by atoms with Gasteiger partial charge >= 0.3 is 0 Å². The van der Waals surface area contributed by atoms with E-state index < -0.39 is 0 Å². The van der Waals surface area contributed by atoms with E-state index >= 15 is 0 Å². The number of rotatable bonds is 6. The number of nitrogens with two attached hydrogens (primary N) is 1. The number of anilines is 1. The van der Waals surface area contributed by atoms with Crippen molar-refractivity contribution in [1.82, 2.24) is 0 Å². The quantitative estimate of drug-likeness (QED) is 0.803. The van der Waals surface area contributed by atoms with Crippen LogP contribution in [0.1, 0.15) is 35.7 Å². The lowest BCUT2D eigenvalue weighted by atomic mass is 10.2. The van der Waals surface area contributed by atoms with Gasteiger partial charge in [-0.3, -0.25) is 9.59 Å². The SMILES string of the molecule is CCCC(=O)Nc1ccc(C=O)cc1.NCCc1ccccc1. The van der Waals surface area contributed by atoms with Crippen molar-refractivity contribution in [2.75, 3.05) is 11.9 Å². The van der Waals surface area contributed by atoms with E-state index in [-0.39, 0.29) is 5.91 Å². The molecular weight excluding hydrogens is 288 g/mol. The average Bonchev–Trinajstić information content (AvgIpc) is 2.58. The van der Waals surface area contributed by atoms with Crippen molar-refractivity contribution in [2.45, 2.75) is 26.2 Å². The minimum Gasteiger partial charge on any atom is -0.330 e. The molecule has 0 fully saturated rings. The van der Waals surface area contributed by atoms with Crippen molar-refractivity contribution in [3.8, 4) is 0 Å². The highest BCUT2D eigenvalue weighted by molar-refractivity contribution is 5.91. The topological polar surface area (TPSA) is 72.2 Å². The third-order valence-electron chi connectivity index (χ3n) is 3.08. The maximum atomic E-state index is 11.2. The Bertz CT molecular complexity index is 580. The summed E-state index contributed by atoms with van der Waals surface area (Å²) in [7, 11) is 0. The molecule has 4 heteroatoms. The Hall–Kier alpha value is -2.46. The van der Waals surface area contributed by atoms with Crippen molar-refractivity contribution in [2.24, 2.45) is 5.73 Å². The molecular formula is C19H24N2O2. The van der Waals surface area contributed by atoms with Gasteiger partial charge in [-0.15, -0.1) is 0 Å². The van der Waals surface area contributed by atoms with Crippen molar-refractivity contribution in [3.63, 3.8) is 0 Å². The maximum Gasteiger partial charge on any atom is 0.224 e. The molecule has 2 aromatic rings. The molecule has 0 saturated heterocycles. The van der Waals surface area contributed by atoms with Crippen LogP contribution in [0.4, 0.5) is 5.69 Å². The summed E-state index contributed by atoms with van der Waals surface area (Å²) in [4.78, 5) is 21.5. The number of hydrogen-bond donors (Lipinski definition) is 2. The van der Waals surface area contributed by atoms with E-state index in [9.17, 15) is 9.59 Å². The van der Waals surface area contributed by atoms with Crippen LogP contribution >= 0.6 is 0 Å². The highest BCUT2D eigenvalue weighted by Crippen LogP contribution is 2.08. The Kier molecular flexibility index (Phi) is 9.01. The first-order chi connectivity index (χ1) is 11.2. The van der Waals surface area contributed by atoms with Crippen LogP contribution in [0.2, 0.25) is 0 Å². The van der Waals surface area contributed by atoms with E-state index in [2.05, 4.69) is 17.4 Å². The Morgan fingerprint density at radius 3 is 2.26 bits per heavy atom. The molecule has 0 unspecified atom stereocenters. The summed E-state index contributed by atoms with van der Waals surface area (Å²) in [6.45, 7) is 2.69. The molecule has 1 amide bonds. The summed E-state index contributed by atoms with van der Waals surface area (Å²) < 4.78 is 0. The third-order valence-corrected chi connectivity index (χ3v) is 3.08. The fourth-order valence-corrected chi connectivity index (χ4v) is 1.91. The van der Waals surface area contributed by atoms with Gasteiger partial charge in [0, 0.05) is 17.7 Å². The lowest BCUT2D eigenvalue weighted by Gasteiger charge is -2.03. The Balaban J connectivity index is 0.000000253. The smallest absolute Gasteiger partial charge is 0.224 e. The van der Waals surface area contributed by atoms with Crippen LogP contribution in [-0.4, -0.2) is 18.7 Å². The Morgan fingerprint density at radius 1 is 1.09 bits per heavy atom. The van der Waals surface area contributed by atoms with Crippen molar-refractivity contribution in [1.29, 1.82) is 0 Å². The van der Waals surface area contributed by atoms with Gasteiger partial charge < -0.3 is 11.1 Å². The van der Waals surface area contributed by atoms with E-state index in [4.69, 9.17) is 5.73 Å². The van der Waals surface area contributed by atoms with Gasteiger partial charge in [0.1, 0.15) is 6.29 Å². The molecule has 0 spiro atoms. The number of nitrogens with one attached hydrogen (secondary N) is 1. The largest absolute Gasteiger partial charge is 0.330 e. The number of carbonyl (C=O) groups excluding carboxylic acids is 2. The first-order valence-electron chi connectivity index (χ1n) is 7.78. The number of amides is 1. The molecule has 0 aliphatic rings. The molecule has 0 saturated carbocycles. The van der Waals surface area contributed by atoms with Crippen LogP contribution in [-0.2, 0) is 11.2 Å². The van der Waals surface area contributed by atoms with Gasteiger partial charge in [0.2, 0.25) is 5.91 Å². The molecule has 2 aromatic carbocycles. The second-order valence-electron chi connectivity index (χ2n) is 5.06. The molecule has 0 radical (unpaired) electrons. The summed E-state index contributed by atoms with van der Waals surface area (Å²) >= 11 is 0. The summed E-state index contributed by atoms with van der Waals surface area (Å²) in [5.41, 5.74) is 8.02. The van der Waals surface area contributed by atoms with Crippen molar-refractivity contribution < 1.29 is 9.59 Å². The summed E-state index contributed by atoms with van der Waals surface area (Å²) in [6, 6.07) is 17.0. The van der Waals surface area contributed by atoms with Crippen LogP contribution in [0.25, 0.3) is 0 Å². The maximum absolute atomic E-state index is 11.2. The Morgan fingerprint density at radius 2 is 1.74 bits per heavy atom. The van der Waals surface area contributed by atoms with Gasteiger partial charge in [0.05, 0.1) is 0 Å². The number of hydrogen-bond acceptors (Lipinski definition) is 3. The fourth-order valence-electron chi connectivity index (χ4n) is 1.91. The standard InChI is InChI=1S/C11H13NO2.C8H11N/c1-2-3-11(14)12-10-6-4-9(8-13)5-7-10;9-7-6-8-4-2-1-3-5-8/h4-8H,2-3H2,1H3,(H,12,14);1-5H,6-7,9H2. The fraction of sp³-hybridized carbons (Fsp3) is 0.263. The van der Waals surface area contributed by atoms with Crippen LogP contribution in [0, 0.1) is 0 Å². The molecule has 3 N–H and O–H groups in total. The minimum absolute atomic E-state index is 0.00588. The molecule has 4 nitrogen and oxygen atoms in total. The highest BCUT2D eigenvalue weighted by Gasteiger charge is 1.99. The molecule has 2 rings (SSSR count). The minimum atomic E-state index is 0.00588. The van der Waals surface area contributed by atoms with Crippen LogP contribution in [0.15, 0.2) is 54.6 Å². The van der Waals surface area contributed by atoms with Crippen molar-refractivity contribution in [3.05, 3.63) is 65.7 Å². The van der Waals surface area contributed by atoms with E-state index in [1.165, 1.54) is 5.56 Å². The zero-order chi connectivity index (χ0) is 16.9. The molecule has 0 aliphatic heterocycles. The predicted molar refractivity (Wildman–Crippen MR) is 94.6 cm³/mol. The summed E-state index contributed by atoms with van der Waals surface area (Å²) in [6.07, 6.45) is 3.12. The molecule has 0 atom stereocenters. The van der Waals surface area contributed by atoms with Gasteiger partial charge in [-0.25, -0.2) is 0 Å². The van der Waals surface area contributed by atoms with Crippen molar-refractivity contribution >= 4 is 17.9 Å². The zero-order valence-electron chi connectivity index (χ0n) is 13.5. The second-order valence-corrected chi connectivity index (χ2v) is 5.06. The molecule has 0 heterocycles. The van der Waals surface area contributed by atoms with Crippen LogP contribution in [0.5, 0.6) is 0 Å². The lowest BCUT2D eigenvalue weighted by molar-refractivity contribution is -0.116. The summed E-state index contributed by atoms with van der Waals surface area (Å²) in [5, 5.41) is 2.74. The molecule has 122 valence electrons. The normalized spacial score (nSPS) is 9.48. The lowest BCUT2D eigenvalue weighted by Crippen LogP contribution is -2.10. The van der Waals surface area contributed by atoms with E-state index in [1.807, 2.05) is 25.1 Å².